The van der Waals surface area contributed by atoms with Crippen LogP contribution in [0.5, 0.6) is 11.5 Å². The third-order valence-electron chi connectivity index (χ3n) is 3.53. The molecule has 0 atom stereocenters. The number of aromatic hydroxyl groups is 1. The maximum absolute atomic E-state index is 12.0. The molecule has 0 spiro atoms. The van der Waals surface area contributed by atoms with Crippen molar-refractivity contribution in [2.24, 2.45) is 0 Å². The molecule has 0 aliphatic heterocycles. The molecule has 1 heterocycles. The lowest BCUT2D eigenvalue weighted by molar-refractivity contribution is 0.0489. The number of ether oxygens (including phenoxy) is 2. The summed E-state index contributed by atoms with van der Waals surface area (Å²) in [6.07, 6.45) is 5.30. The summed E-state index contributed by atoms with van der Waals surface area (Å²) in [5.41, 5.74) is -0.0562. The minimum absolute atomic E-state index is 0.0562. The van der Waals surface area contributed by atoms with Gasteiger partial charge < -0.3 is 14.6 Å². The average Bonchev–Trinajstić information content (AvgIpc) is 2.56. The summed E-state index contributed by atoms with van der Waals surface area (Å²) in [6.45, 7) is 5.06. The Hall–Kier alpha value is -2.30. The number of carbonyl (C=O) groups excluding carboxylic acids is 1. The number of hydrogen-bond acceptors (Lipinski definition) is 5. The van der Waals surface area contributed by atoms with Crippen LogP contribution in [0.3, 0.4) is 0 Å². The van der Waals surface area contributed by atoms with Gasteiger partial charge in [0.25, 0.3) is 0 Å². The molecule has 5 heteroatoms. The molecule has 1 N–H and O–H groups in total. The Morgan fingerprint density at radius 3 is 2.65 bits per heavy atom. The van der Waals surface area contributed by atoms with E-state index in [1.165, 1.54) is 0 Å². The first-order valence-electron chi connectivity index (χ1n) is 8.09. The number of carbonyl (C=O) groups is 1. The molecule has 23 heavy (non-hydrogen) atoms. The monoisotopic (exact) mass is 317 g/mol. The van der Waals surface area contributed by atoms with Crippen molar-refractivity contribution in [2.75, 3.05) is 13.2 Å². The van der Waals surface area contributed by atoms with Crippen molar-refractivity contribution in [3.8, 4) is 11.5 Å². The van der Waals surface area contributed by atoms with Crippen LogP contribution in [-0.2, 0) is 4.74 Å². The maximum Gasteiger partial charge on any atom is 0.360 e. The second-order valence-electron chi connectivity index (χ2n) is 5.40. The third-order valence-corrected chi connectivity index (χ3v) is 3.53. The second-order valence-corrected chi connectivity index (χ2v) is 5.40. The number of rotatable bonds is 8. The first-order chi connectivity index (χ1) is 11.2. The van der Waals surface area contributed by atoms with Gasteiger partial charge in [-0.25, -0.2) is 9.78 Å². The lowest BCUT2D eigenvalue weighted by Crippen LogP contribution is -2.09. The lowest BCUT2D eigenvalue weighted by Gasteiger charge is -2.10. The largest absolute Gasteiger partial charge is 0.505 e. The summed E-state index contributed by atoms with van der Waals surface area (Å²) in [5, 5.41) is 11.6. The number of esters is 1. The number of unbranched alkanes of at least 4 members (excludes halogenated alkanes) is 2. The van der Waals surface area contributed by atoms with Crippen LogP contribution in [0.25, 0.3) is 10.8 Å². The summed E-state index contributed by atoms with van der Waals surface area (Å²) in [7, 11) is 0. The van der Waals surface area contributed by atoms with Gasteiger partial charge in [0, 0.05) is 17.0 Å². The highest BCUT2D eigenvalue weighted by Gasteiger charge is 2.17. The number of benzene rings is 1. The van der Waals surface area contributed by atoms with Gasteiger partial charge in [0.2, 0.25) is 0 Å². The maximum atomic E-state index is 12.0. The predicted octanol–water partition coefficient (Wildman–Crippen LogP) is 4.08. The molecular formula is C18H23NO4. The summed E-state index contributed by atoms with van der Waals surface area (Å²) >= 11 is 0. The van der Waals surface area contributed by atoms with Crippen LogP contribution in [-0.4, -0.2) is 29.3 Å². The fourth-order valence-electron chi connectivity index (χ4n) is 2.13. The molecule has 5 nitrogen and oxygen atoms in total. The molecule has 0 saturated carbocycles. The van der Waals surface area contributed by atoms with E-state index in [2.05, 4.69) is 11.9 Å². The normalized spacial score (nSPS) is 10.7. The Kier molecular flexibility index (Phi) is 6.20. The van der Waals surface area contributed by atoms with Gasteiger partial charge >= 0.3 is 5.97 Å². The molecule has 124 valence electrons. The molecule has 0 aliphatic rings. The van der Waals surface area contributed by atoms with Crippen LogP contribution in [0.1, 0.15) is 50.0 Å². The van der Waals surface area contributed by atoms with Crippen molar-refractivity contribution >= 4 is 16.7 Å². The van der Waals surface area contributed by atoms with E-state index in [1.807, 2.05) is 19.1 Å². The van der Waals surface area contributed by atoms with Crippen molar-refractivity contribution in [3.63, 3.8) is 0 Å². The van der Waals surface area contributed by atoms with Gasteiger partial charge in [0.15, 0.2) is 11.4 Å². The molecule has 0 fully saturated rings. The highest BCUT2D eigenvalue weighted by Crippen LogP contribution is 2.30. The zero-order valence-electron chi connectivity index (χ0n) is 13.7. The molecule has 0 saturated heterocycles. The Morgan fingerprint density at radius 2 is 1.91 bits per heavy atom. The Balaban J connectivity index is 2.23. The highest BCUT2D eigenvalue weighted by molar-refractivity contribution is 5.99. The number of pyridine rings is 1. The van der Waals surface area contributed by atoms with Gasteiger partial charge in [-0.1, -0.05) is 26.7 Å². The minimum Gasteiger partial charge on any atom is -0.505 e. The van der Waals surface area contributed by atoms with Gasteiger partial charge in [-0.15, -0.1) is 0 Å². The smallest absolute Gasteiger partial charge is 0.360 e. The van der Waals surface area contributed by atoms with Gasteiger partial charge in [0.05, 0.1) is 13.2 Å². The topological polar surface area (TPSA) is 68.7 Å². The first kappa shape index (κ1) is 17.1. The minimum atomic E-state index is -0.602. The van der Waals surface area contributed by atoms with Gasteiger partial charge in [-0.05, 0) is 31.0 Å². The molecule has 2 rings (SSSR count). The summed E-state index contributed by atoms with van der Waals surface area (Å²) < 4.78 is 10.8. The van der Waals surface area contributed by atoms with Gasteiger partial charge in [0.1, 0.15) is 5.75 Å². The Bertz CT molecular complexity index is 669. The standard InChI is InChI=1S/C18H23NO4/c1-3-5-9-22-14-8-7-13-12-19-16(17(20)15(13)11-14)18(21)23-10-6-4-2/h7-8,11-12,20H,3-6,9-10H2,1-2H3. The van der Waals surface area contributed by atoms with E-state index in [9.17, 15) is 9.90 Å². The summed E-state index contributed by atoms with van der Waals surface area (Å²) in [4.78, 5) is 16.0. The molecule has 0 aliphatic carbocycles. The van der Waals surface area contributed by atoms with Crippen LogP contribution in [0.4, 0.5) is 0 Å². The van der Waals surface area contributed by atoms with Crippen molar-refractivity contribution < 1.29 is 19.4 Å². The van der Waals surface area contributed by atoms with Crippen LogP contribution < -0.4 is 4.74 Å². The van der Waals surface area contributed by atoms with E-state index in [4.69, 9.17) is 9.47 Å². The van der Waals surface area contributed by atoms with Crippen LogP contribution in [0, 0.1) is 0 Å². The van der Waals surface area contributed by atoms with E-state index in [0.29, 0.717) is 24.3 Å². The molecule has 0 amide bonds. The number of aromatic nitrogens is 1. The van der Waals surface area contributed by atoms with Crippen LogP contribution >= 0.6 is 0 Å². The zero-order chi connectivity index (χ0) is 16.7. The molecule has 1 aromatic heterocycles. The van der Waals surface area contributed by atoms with E-state index in [0.717, 1.165) is 31.1 Å². The number of hydrogen-bond donors (Lipinski definition) is 1. The molecule has 1 aromatic carbocycles. The van der Waals surface area contributed by atoms with Gasteiger partial charge in [-0.2, -0.15) is 0 Å². The van der Waals surface area contributed by atoms with Crippen LogP contribution in [0.2, 0.25) is 0 Å². The van der Waals surface area contributed by atoms with Crippen LogP contribution in [0.15, 0.2) is 24.4 Å². The molecule has 0 bridgehead atoms. The van der Waals surface area contributed by atoms with Crippen molar-refractivity contribution in [3.05, 3.63) is 30.1 Å². The highest BCUT2D eigenvalue weighted by atomic mass is 16.5. The molecular weight excluding hydrogens is 294 g/mol. The number of fused-ring (bicyclic) bond motifs is 1. The van der Waals surface area contributed by atoms with Crippen molar-refractivity contribution in [1.29, 1.82) is 0 Å². The van der Waals surface area contributed by atoms with Crippen molar-refractivity contribution in [1.82, 2.24) is 4.98 Å². The van der Waals surface area contributed by atoms with E-state index in [1.54, 1.807) is 12.3 Å². The molecule has 0 radical (unpaired) electrons. The van der Waals surface area contributed by atoms with E-state index in [-0.39, 0.29) is 11.4 Å². The quantitative estimate of drug-likeness (QED) is 0.587. The Labute approximate surface area is 136 Å². The zero-order valence-corrected chi connectivity index (χ0v) is 13.7. The van der Waals surface area contributed by atoms with E-state index >= 15 is 0 Å². The fraction of sp³-hybridized carbons (Fsp3) is 0.444. The van der Waals surface area contributed by atoms with Gasteiger partial charge in [-0.3, -0.25) is 0 Å². The summed E-state index contributed by atoms with van der Waals surface area (Å²) in [5.74, 6) is -0.0992. The molecule has 0 unspecified atom stereocenters. The summed E-state index contributed by atoms with van der Waals surface area (Å²) in [6, 6.07) is 5.37. The third kappa shape index (κ3) is 4.34. The first-order valence-corrected chi connectivity index (χ1v) is 8.09. The SMILES string of the molecule is CCCCOC(=O)c1ncc2ccc(OCCCC)cc2c1O. The average molecular weight is 317 g/mol. The number of nitrogens with zero attached hydrogens (tertiary/aromatic N) is 1. The second kappa shape index (κ2) is 8.36. The lowest BCUT2D eigenvalue weighted by atomic mass is 10.1. The Morgan fingerprint density at radius 1 is 1.17 bits per heavy atom. The van der Waals surface area contributed by atoms with E-state index < -0.39 is 5.97 Å². The fourth-order valence-corrected chi connectivity index (χ4v) is 2.13. The predicted molar refractivity (Wildman–Crippen MR) is 89.0 cm³/mol. The van der Waals surface area contributed by atoms with Crippen molar-refractivity contribution in [2.45, 2.75) is 39.5 Å². The molecule has 2 aromatic rings.